The first kappa shape index (κ1) is 17.7. The molecule has 2 atom stereocenters. The van der Waals surface area contributed by atoms with Crippen molar-refractivity contribution in [3.05, 3.63) is 46.4 Å². The van der Waals surface area contributed by atoms with Gasteiger partial charge in [0, 0.05) is 26.2 Å². The van der Waals surface area contributed by atoms with E-state index < -0.39 is 0 Å². The van der Waals surface area contributed by atoms with Crippen LogP contribution in [-0.4, -0.2) is 51.6 Å². The summed E-state index contributed by atoms with van der Waals surface area (Å²) in [7, 11) is 0. The number of nitrogens with one attached hydrogen (secondary N) is 2. The van der Waals surface area contributed by atoms with Gasteiger partial charge in [0.25, 0.3) is 11.5 Å². The second-order valence-electron chi connectivity index (χ2n) is 7.75. The Morgan fingerprint density at radius 2 is 2.00 bits per heavy atom. The number of likely N-dealkylation sites (tertiary alicyclic amines) is 1. The summed E-state index contributed by atoms with van der Waals surface area (Å²) in [5.74, 6) is 1.18. The largest absolute Gasteiger partial charge is 0.351 e. The number of carbonyl (C=O) groups excluding carboxylic acids is 1. The van der Waals surface area contributed by atoms with Gasteiger partial charge in [0.15, 0.2) is 0 Å². The van der Waals surface area contributed by atoms with Crippen molar-refractivity contribution in [1.29, 1.82) is 0 Å². The average Bonchev–Trinajstić information content (AvgIpc) is 3.05. The van der Waals surface area contributed by atoms with Crippen LogP contribution in [0.15, 0.2) is 35.3 Å². The maximum absolute atomic E-state index is 12.6. The van der Waals surface area contributed by atoms with Gasteiger partial charge < -0.3 is 15.2 Å². The molecule has 1 fully saturated rings. The predicted octanol–water partition coefficient (Wildman–Crippen LogP) is 1.88. The first-order valence-electron chi connectivity index (χ1n) is 9.52. The molecule has 0 bridgehead atoms. The lowest BCUT2D eigenvalue weighted by Crippen LogP contribution is -2.42. The maximum Gasteiger partial charge on any atom is 0.259 e. The summed E-state index contributed by atoms with van der Waals surface area (Å²) in [5.41, 5.74) is 1.28. The summed E-state index contributed by atoms with van der Waals surface area (Å²) >= 11 is 0. The van der Waals surface area contributed by atoms with E-state index in [4.69, 9.17) is 0 Å². The Balaban J connectivity index is 1.49. The van der Waals surface area contributed by atoms with Crippen molar-refractivity contribution in [2.45, 2.75) is 20.3 Å². The number of aromatic nitrogens is 3. The van der Waals surface area contributed by atoms with Crippen LogP contribution < -0.4 is 10.9 Å². The van der Waals surface area contributed by atoms with Crippen molar-refractivity contribution in [1.82, 2.24) is 24.8 Å². The molecule has 0 unspecified atom stereocenters. The number of hydrogen-bond acceptors (Lipinski definition) is 4. The summed E-state index contributed by atoms with van der Waals surface area (Å²) < 4.78 is 1.61. The zero-order valence-corrected chi connectivity index (χ0v) is 15.7. The number of H-pyrrole nitrogens is 1. The molecule has 3 aromatic rings. The fraction of sp³-hybridized carbons (Fsp3) is 0.450. The monoisotopic (exact) mass is 367 g/mol. The fourth-order valence-corrected chi connectivity index (χ4v) is 4.24. The summed E-state index contributed by atoms with van der Waals surface area (Å²) in [6, 6.07) is 7.23. The first-order valence-corrected chi connectivity index (χ1v) is 9.52. The summed E-state index contributed by atoms with van der Waals surface area (Å²) in [4.78, 5) is 30.1. The van der Waals surface area contributed by atoms with E-state index in [2.05, 4.69) is 34.1 Å². The first-order chi connectivity index (χ1) is 13.0. The molecule has 27 heavy (non-hydrogen) atoms. The predicted molar refractivity (Wildman–Crippen MR) is 105 cm³/mol. The van der Waals surface area contributed by atoms with Crippen LogP contribution in [0.1, 0.15) is 30.6 Å². The Labute approximate surface area is 157 Å². The average molecular weight is 367 g/mol. The number of aromatic amines is 1. The molecule has 1 saturated heterocycles. The van der Waals surface area contributed by atoms with E-state index in [1.165, 1.54) is 12.6 Å². The molecule has 0 saturated carbocycles. The molecule has 1 aliphatic rings. The van der Waals surface area contributed by atoms with Crippen molar-refractivity contribution in [2.24, 2.45) is 11.8 Å². The van der Waals surface area contributed by atoms with Crippen LogP contribution in [-0.2, 0) is 0 Å². The van der Waals surface area contributed by atoms with E-state index in [-0.39, 0.29) is 11.5 Å². The number of carbonyl (C=O) groups is 1. The van der Waals surface area contributed by atoms with Gasteiger partial charge in [0.2, 0.25) is 0 Å². The van der Waals surface area contributed by atoms with Crippen molar-refractivity contribution < 1.29 is 4.79 Å². The van der Waals surface area contributed by atoms with Crippen molar-refractivity contribution in [3.8, 4) is 0 Å². The fourth-order valence-electron chi connectivity index (χ4n) is 4.24. The molecule has 2 aromatic heterocycles. The Morgan fingerprint density at radius 3 is 2.78 bits per heavy atom. The minimum Gasteiger partial charge on any atom is -0.351 e. The minimum absolute atomic E-state index is 0.214. The molecule has 1 amide bonds. The number of fused-ring (bicyclic) bond motifs is 3. The molecular weight excluding hydrogens is 342 g/mol. The smallest absolute Gasteiger partial charge is 0.259 e. The lowest BCUT2D eigenvalue weighted by molar-refractivity contribution is 0.0938. The van der Waals surface area contributed by atoms with Crippen LogP contribution >= 0.6 is 0 Å². The van der Waals surface area contributed by atoms with E-state index in [9.17, 15) is 9.59 Å². The lowest BCUT2D eigenvalue weighted by Gasteiger charge is -2.34. The Bertz CT molecular complexity index is 1030. The number of piperidine rings is 1. The van der Waals surface area contributed by atoms with Crippen molar-refractivity contribution in [2.75, 3.05) is 26.2 Å². The zero-order valence-electron chi connectivity index (χ0n) is 15.7. The van der Waals surface area contributed by atoms with Gasteiger partial charge in [-0.05, 0) is 30.4 Å². The Kier molecular flexibility index (Phi) is 4.70. The molecule has 0 spiro atoms. The van der Waals surface area contributed by atoms with Crippen LogP contribution in [0.25, 0.3) is 16.6 Å². The van der Waals surface area contributed by atoms with Crippen LogP contribution in [0, 0.1) is 11.8 Å². The number of amides is 1. The van der Waals surface area contributed by atoms with Gasteiger partial charge in [-0.3, -0.25) is 9.59 Å². The van der Waals surface area contributed by atoms with Crippen molar-refractivity contribution in [3.63, 3.8) is 0 Å². The molecule has 1 aromatic carbocycles. The third kappa shape index (κ3) is 3.47. The van der Waals surface area contributed by atoms with Crippen LogP contribution in [0.3, 0.4) is 0 Å². The van der Waals surface area contributed by atoms with E-state index in [0.29, 0.717) is 40.5 Å². The van der Waals surface area contributed by atoms with Gasteiger partial charge in [-0.2, -0.15) is 5.10 Å². The molecule has 0 aliphatic carbocycles. The Morgan fingerprint density at radius 1 is 1.26 bits per heavy atom. The van der Waals surface area contributed by atoms with Crippen LogP contribution in [0.5, 0.6) is 0 Å². The van der Waals surface area contributed by atoms with Crippen LogP contribution in [0.2, 0.25) is 0 Å². The molecule has 4 rings (SSSR count). The third-order valence-corrected chi connectivity index (χ3v) is 5.28. The van der Waals surface area contributed by atoms with E-state index in [1.807, 2.05) is 18.2 Å². The minimum atomic E-state index is -0.219. The Hall–Kier alpha value is -2.67. The van der Waals surface area contributed by atoms with E-state index >= 15 is 0 Å². The lowest BCUT2D eigenvalue weighted by atomic mass is 9.92. The number of para-hydroxylation sites is 1. The molecular formula is C20H25N5O2. The van der Waals surface area contributed by atoms with E-state index in [0.717, 1.165) is 19.6 Å². The molecule has 142 valence electrons. The van der Waals surface area contributed by atoms with E-state index in [1.54, 1.807) is 10.6 Å². The van der Waals surface area contributed by atoms with Gasteiger partial charge in [0.05, 0.1) is 17.1 Å². The van der Waals surface area contributed by atoms with Gasteiger partial charge in [0.1, 0.15) is 11.2 Å². The van der Waals surface area contributed by atoms with Gasteiger partial charge >= 0.3 is 0 Å². The second kappa shape index (κ2) is 7.15. The highest BCUT2D eigenvalue weighted by atomic mass is 16.2. The number of benzene rings is 1. The summed E-state index contributed by atoms with van der Waals surface area (Å²) in [5, 5.41) is 7.82. The molecule has 1 aliphatic heterocycles. The highest BCUT2D eigenvalue weighted by Crippen LogP contribution is 2.20. The van der Waals surface area contributed by atoms with Gasteiger partial charge in [-0.1, -0.05) is 26.0 Å². The number of nitrogens with zero attached hydrogens (tertiary/aromatic N) is 3. The van der Waals surface area contributed by atoms with Gasteiger partial charge in [-0.25, -0.2) is 4.52 Å². The van der Waals surface area contributed by atoms with Gasteiger partial charge in [-0.15, -0.1) is 0 Å². The summed E-state index contributed by atoms with van der Waals surface area (Å²) in [6.45, 7) is 8.13. The highest BCUT2D eigenvalue weighted by Gasteiger charge is 2.22. The molecule has 3 heterocycles. The van der Waals surface area contributed by atoms with Crippen LogP contribution in [0.4, 0.5) is 0 Å². The molecule has 7 heteroatoms. The summed E-state index contributed by atoms with van der Waals surface area (Å²) in [6.07, 6.45) is 2.78. The third-order valence-electron chi connectivity index (χ3n) is 5.28. The maximum atomic E-state index is 12.6. The number of hydrogen-bond donors (Lipinski definition) is 2. The molecule has 7 nitrogen and oxygen atoms in total. The SMILES string of the molecule is C[C@@H]1C[C@@H](C)CN(CCNC(=O)c2cnn3c2[nH]c(=O)c2ccccc23)C1. The highest BCUT2D eigenvalue weighted by molar-refractivity contribution is 6.00. The molecule has 0 radical (unpaired) electrons. The number of rotatable bonds is 4. The standard InChI is InChI=1S/C20H25N5O2/c1-13-9-14(2)12-24(11-13)8-7-21-19(26)16-10-22-25-17-6-4-3-5-15(17)20(27)23-18(16)25/h3-6,10,13-14H,7-9,11-12H2,1-2H3,(H,21,26)(H,23,27)/t13-,14-/m1/s1. The molecule has 2 N–H and O–H groups in total. The quantitative estimate of drug-likeness (QED) is 0.738. The zero-order chi connectivity index (χ0) is 19.0. The second-order valence-corrected chi connectivity index (χ2v) is 7.75. The van der Waals surface area contributed by atoms with Crippen molar-refractivity contribution >= 4 is 22.5 Å². The topological polar surface area (TPSA) is 82.5 Å². The normalized spacial score (nSPS) is 21.0.